The van der Waals surface area contributed by atoms with Crippen molar-refractivity contribution in [2.75, 3.05) is 14.2 Å². The van der Waals surface area contributed by atoms with E-state index < -0.39 is 0 Å². The van der Waals surface area contributed by atoms with E-state index in [9.17, 15) is 0 Å². The molecule has 190 valence electrons. The number of hydrogen-bond acceptors (Lipinski definition) is 3. The third-order valence-corrected chi connectivity index (χ3v) is 8.56. The third-order valence-electron chi connectivity index (χ3n) is 6.02. The Labute approximate surface area is 263 Å². The first-order chi connectivity index (χ1) is 18.2. The number of halogens is 2. The first-order valence-electron chi connectivity index (χ1n) is 11.6. The molecule has 0 spiro atoms. The second kappa shape index (κ2) is 14.6. The molecule has 0 saturated carbocycles. The molecule has 6 rings (SSSR count). The predicted molar refractivity (Wildman–Crippen MR) is 166 cm³/mol. The molecule has 0 bridgehead atoms. The Balaban J connectivity index is 0.000000766. The minimum Gasteiger partial charge on any atom is -0.400 e. The molecule has 38 heavy (non-hydrogen) atoms. The summed E-state index contributed by atoms with van der Waals surface area (Å²) < 4.78 is 2.26. The zero-order valence-electron chi connectivity index (χ0n) is 21.0. The van der Waals surface area contributed by atoms with Crippen LogP contribution in [0.15, 0.2) is 128 Å². The molecule has 0 aliphatic rings. The predicted octanol–water partition coefficient (Wildman–Crippen LogP) is 9.66. The Morgan fingerprint density at radius 2 is 0.921 bits per heavy atom. The smallest absolute Gasteiger partial charge is 0.400 e. The van der Waals surface area contributed by atoms with Crippen LogP contribution in [0.4, 0.5) is 0 Å². The van der Waals surface area contributed by atoms with Gasteiger partial charge in [-0.25, -0.2) is 0 Å². The van der Waals surface area contributed by atoms with Gasteiger partial charge in [0, 0.05) is 14.2 Å². The van der Waals surface area contributed by atoms with Crippen molar-refractivity contribution in [1.29, 1.82) is 0 Å². The number of rotatable bonds is 4. The monoisotopic (exact) mass is 722 g/mol. The topological polar surface area (TPSA) is 40.5 Å². The molecule has 2 N–H and O–H groups in total. The Hall–Kier alpha value is -1.79. The van der Waals surface area contributed by atoms with Gasteiger partial charge in [-0.3, -0.25) is 0 Å². The van der Waals surface area contributed by atoms with Crippen molar-refractivity contribution in [1.82, 2.24) is 0 Å². The van der Waals surface area contributed by atoms with Crippen molar-refractivity contribution < 1.29 is 36.4 Å². The van der Waals surface area contributed by atoms with Crippen LogP contribution in [0.2, 0.25) is 0 Å². The van der Waals surface area contributed by atoms with Crippen LogP contribution in [-0.2, 0) is 26.2 Å². The van der Waals surface area contributed by atoms with E-state index in [4.69, 9.17) is 10.2 Å². The minimum atomic E-state index is 0. The Morgan fingerprint density at radius 1 is 0.553 bits per heavy atom. The zero-order chi connectivity index (χ0) is 26.4. The van der Waals surface area contributed by atoms with Crippen molar-refractivity contribution >= 4 is 65.2 Å². The van der Waals surface area contributed by atoms with E-state index in [0.29, 0.717) is 0 Å². The molecule has 0 unspecified atom stereocenters. The van der Waals surface area contributed by atoms with Gasteiger partial charge in [0.1, 0.15) is 0 Å². The second-order valence-corrected chi connectivity index (χ2v) is 10.9. The van der Waals surface area contributed by atoms with Crippen molar-refractivity contribution in [3.8, 4) is 22.3 Å². The quantitative estimate of drug-likeness (QED) is 0.178. The van der Waals surface area contributed by atoms with Crippen LogP contribution in [0.25, 0.3) is 43.8 Å². The van der Waals surface area contributed by atoms with E-state index in [2.05, 4.69) is 141 Å². The maximum absolute atomic E-state index is 7.00. The van der Waals surface area contributed by atoms with Crippen LogP contribution in [-0.4, -0.2) is 24.4 Å². The summed E-state index contributed by atoms with van der Waals surface area (Å²) in [6, 6.07) is 39.1. The van der Waals surface area contributed by atoms with E-state index in [1.807, 2.05) is 11.8 Å². The van der Waals surface area contributed by atoms with E-state index in [0.717, 1.165) is 23.2 Å². The maximum Gasteiger partial charge on any atom is 2.00 e. The number of benzene rings is 4. The van der Waals surface area contributed by atoms with Gasteiger partial charge in [-0.1, -0.05) is 96.1 Å². The van der Waals surface area contributed by atoms with E-state index >= 15 is 0 Å². The van der Waals surface area contributed by atoms with Crippen LogP contribution in [0.1, 0.15) is 0 Å². The molecule has 0 radical (unpaired) electrons. The van der Waals surface area contributed by atoms with E-state index in [1.165, 1.54) is 53.6 Å². The van der Waals surface area contributed by atoms with Crippen LogP contribution < -0.4 is 0 Å². The average Bonchev–Trinajstić information content (AvgIpc) is 3.62. The van der Waals surface area contributed by atoms with Crippen molar-refractivity contribution in [2.24, 2.45) is 0 Å². The molecule has 0 saturated heterocycles. The molecule has 6 aromatic carbocycles. The molecule has 2 nitrogen and oxygen atoms in total. The summed E-state index contributed by atoms with van der Waals surface area (Å²) >= 11 is 9.37. The standard InChI is InChI=1S/C30H18Br2S.2CH4O.Zr/c31-27-11-13-29(25-17-21(15-23(25)27)19-7-3-1-4-8-19)33-30-14-12-28(32)24-16-22(18-26(24)30)20-9-5-2-6-10-20;2*1-2;/h1-18H;2*2H,1H3;/q-2;;;+2. The number of hydrogen-bond donors (Lipinski definition) is 2. The normalized spacial score (nSPS) is 10.3. The van der Waals surface area contributed by atoms with E-state index in [1.54, 1.807) is 0 Å². The van der Waals surface area contributed by atoms with Crippen LogP contribution in [0.5, 0.6) is 0 Å². The molecular weight excluding hydrogens is 699 g/mol. The molecule has 0 atom stereocenters. The van der Waals surface area contributed by atoms with Gasteiger partial charge in [0.15, 0.2) is 0 Å². The van der Waals surface area contributed by atoms with Gasteiger partial charge in [0.2, 0.25) is 0 Å². The number of fused-ring (bicyclic) bond motifs is 2. The van der Waals surface area contributed by atoms with Gasteiger partial charge in [-0.2, -0.15) is 0 Å². The van der Waals surface area contributed by atoms with Crippen molar-refractivity contribution in [3.05, 3.63) is 118 Å². The first kappa shape index (κ1) is 30.8. The van der Waals surface area contributed by atoms with Gasteiger partial charge >= 0.3 is 26.2 Å². The summed E-state index contributed by atoms with van der Waals surface area (Å²) in [6.07, 6.45) is 0. The van der Waals surface area contributed by atoms with E-state index in [-0.39, 0.29) is 26.2 Å². The SMILES string of the molecule is Brc1ccc(Sc2ccc(Br)c3[cH-]c(-c4ccccc4)cc23)c2cc(-c3ccccc3)[cH-]c12.CO.CO.[Zr+2]. The third kappa shape index (κ3) is 6.50. The second-order valence-electron chi connectivity index (χ2n) is 8.07. The maximum atomic E-state index is 7.00. The number of aliphatic hydroxyl groups excluding tert-OH is 2. The van der Waals surface area contributed by atoms with Crippen molar-refractivity contribution in [3.63, 3.8) is 0 Å². The molecule has 6 heteroatoms. The molecular formula is C32H26Br2O2SZr. The van der Waals surface area contributed by atoms with Gasteiger partial charge in [0.05, 0.1) is 0 Å². The Kier molecular flexibility index (Phi) is 11.8. The number of aliphatic hydroxyl groups is 2. The zero-order valence-corrected chi connectivity index (χ0v) is 27.4. The Morgan fingerprint density at radius 3 is 1.29 bits per heavy atom. The largest absolute Gasteiger partial charge is 2.00 e. The molecule has 0 heterocycles. The molecule has 6 aromatic rings. The average molecular weight is 726 g/mol. The summed E-state index contributed by atoms with van der Waals surface area (Å²) in [5.41, 5.74) is 4.98. The van der Waals surface area contributed by atoms with Crippen LogP contribution in [0.3, 0.4) is 0 Å². The summed E-state index contributed by atoms with van der Waals surface area (Å²) in [7, 11) is 2.00. The fourth-order valence-electron chi connectivity index (χ4n) is 4.37. The summed E-state index contributed by atoms with van der Waals surface area (Å²) in [5.74, 6) is 0. The van der Waals surface area contributed by atoms with Gasteiger partial charge < -0.3 is 10.2 Å². The van der Waals surface area contributed by atoms with Gasteiger partial charge in [-0.15, -0.1) is 101 Å². The molecule has 0 fully saturated rings. The van der Waals surface area contributed by atoms with Gasteiger partial charge in [0.25, 0.3) is 0 Å². The summed E-state index contributed by atoms with van der Waals surface area (Å²) in [4.78, 5) is 2.53. The molecule has 0 aliphatic carbocycles. The fraction of sp³-hybridized carbons (Fsp3) is 0.0625. The minimum absolute atomic E-state index is 0. The fourth-order valence-corrected chi connectivity index (χ4v) is 6.35. The molecule has 0 aromatic heterocycles. The summed E-state index contributed by atoms with van der Waals surface area (Å²) in [5, 5.41) is 19.1. The molecule has 0 aliphatic heterocycles. The van der Waals surface area contributed by atoms with Crippen LogP contribution in [0, 0.1) is 0 Å². The van der Waals surface area contributed by atoms with Gasteiger partial charge in [-0.05, 0) is 18.7 Å². The first-order valence-corrected chi connectivity index (χ1v) is 14.0. The molecule has 0 amide bonds. The Bertz CT molecular complexity index is 1490. The van der Waals surface area contributed by atoms with Crippen LogP contribution >= 0.6 is 43.6 Å². The van der Waals surface area contributed by atoms with Crippen molar-refractivity contribution in [2.45, 2.75) is 9.79 Å². The summed E-state index contributed by atoms with van der Waals surface area (Å²) in [6.45, 7) is 0.